The number of rotatable bonds is 3. The van der Waals surface area contributed by atoms with Crippen LogP contribution in [0, 0.1) is 13.8 Å². The second-order valence-electron chi connectivity index (χ2n) is 7.02. The summed E-state index contributed by atoms with van der Waals surface area (Å²) >= 11 is 6.06. The van der Waals surface area contributed by atoms with Gasteiger partial charge < -0.3 is 4.90 Å². The van der Waals surface area contributed by atoms with Crippen molar-refractivity contribution in [3.63, 3.8) is 0 Å². The predicted octanol–water partition coefficient (Wildman–Crippen LogP) is 3.41. The molecule has 146 valence electrons. The topological polar surface area (TPSA) is 66.4 Å². The summed E-state index contributed by atoms with van der Waals surface area (Å²) in [4.78, 5) is 11.2. The zero-order valence-electron chi connectivity index (χ0n) is 15.8. The van der Waals surface area contributed by atoms with Crippen LogP contribution in [0.25, 0.3) is 10.9 Å². The zero-order valence-corrected chi connectivity index (χ0v) is 17.3. The van der Waals surface area contributed by atoms with Crippen molar-refractivity contribution in [1.82, 2.24) is 14.3 Å². The third-order valence-corrected chi connectivity index (χ3v) is 7.35. The molecule has 28 heavy (non-hydrogen) atoms. The lowest BCUT2D eigenvalue weighted by Crippen LogP contribution is -2.49. The van der Waals surface area contributed by atoms with E-state index < -0.39 is 10.0 Å². The largest absolute Gasteiger partial charge is 0.353 e. The normalized spacial score (nSPS) is 15.9. The van der Waals surface area contributed by atoms with Crippen molar-refractivity contribution < 1.29 is 8.42 Å². The van der Waals surface area contributed by atoms with Gasteiger partial charge in [-0.25, -0.2) is 18.4 Å². The number of sulfonamides is 1. The van der Waals surface area contributed by atoms with Crippen molar-refractivity contribution >= 4 is 38.3 Å². The Hall–Kier alpha value is -2.22. The molecule has 0 spiro atoms. The van der Waals surface area contributed by atoms with Gasteiger partial charge in [0.15, 0.2) is 0 Å². The summed E-state index contributed by atoms with van der Waals surface area (Å²) in [6.07, 6.45) is 1.52. The zero-order chi connectivity index (χ0) is 19.9. The molecule has 1 fully saturated rings. The number of hydrogen-bond donors (Lipinski definition) is 0. The number of nitrogens with zero attached hydrogens (tertiary/aromatic N) is 4. The van der Waals surface area contributed by atoms with Crippen molar-refractivity contribution in [2.24, 2.45) is 0 Å². The molecule has 0 atom stereocenters. The fourth-order valence-corrected chi connectivity index (χ4v) is 5.43. The molecule has 0 saturated carbocycles. The van der Waals surface area contributed by atoms with Crippen LogP contribution in [0.4, 0.5) is 5.82 Å². The highest BCUT2D eigenvalue weighted by atomic mass is 35.5. The summed E-state index contributed by atoms with van der Waals surface area (Å²) in [5.74, 6) is 0.811. The first-order valence-corrected chi connectivity index (χ1v) is 10.9. The van der Waals surface area contributed by atoms with Crippen LogP contribution >= 0.6 is 11.6 Å². The van der Waals surface area contributed by atoms with Crippen LogP contribution in [0.5, 0.6) is 0 Å². The average molecular weight is 417 g/mol. The van der Waals surface area contributed by atoms with E-state index in [1.54, 1.807) is 10.4 Å². The number of piperazine rings is 1. The summed E-state index contributed by atoms with van der Waals surface area (Å²) in [6, 6.07) is 11.1. The second kappa shape index (κ2) is 7.31. The van der Waals surface area contributed by atoms with E-state index in [2.05, 4.69) is 14.9 Å². The summed E-state index contributed by atoms with van der Waals surface area (Å²) < 4.78 is 27.8. The maximum absolute atomic E-state index is 13.1. The Morgan fingerprint density at radius 2 is 1.71 bits per heavy atom. The van der Waals surface area contributed by atoms with Crippen LogP contribution in [0.2, 0.25) is 5.02 Å². The minimum Gasteiger partial charge on any atom is -0.353 e. The van der Waals surface area contributed by atoms with E-state index in [0.717, 1.165) is 27.8 Å². The van der Waals surface area contributed by atoms with E-state index in [1.807, 2.05) is 44.2 Å². The van der Waals surface area contributed by atoms with Crippen molar-refractivity contribution in [2.75, 3.05) is 31.1 Å². The standard InChI is InChI=1S/C20H21ClN4O2S/c1-14-3-4-15(2)19(11-14)28(26,27)25-9-7-24(8-10-25)20-17-6-5-16(21)12-18(17)22-13-23-20/h3-6,11-13H,7-10H2,1-2H3. The number of anilines is 1. The first-order chi connectivity index (χ1) is 13.4. The summed E-state index contributed by atoms with van der Waals surface area (Å²) in [7, 11) is -3.51. The van der Waals surface area contributed by atoms with E-state index in [-0.39, 0.29) is 0 Å². The van der Waals surface area contributed by atoms with Crippen LogP contribution in [0.15, 0.2) is 47.6 Å². The smallest absolute Gasteiger partial charge is 0.243 e. The third kappa shape index (κ3) is 3.45. The lowest BCUT2D eigenvalue weighted by atomic mass is 10.2. The van der Waals surface area contributed by atoms with Crippen molar-refractivity contribution in [3.05, 3.63) is 58.9 Å². The first-order valence-electron chi connectivity index (χ1n) is 9.09. The van der Waals surface area contributed by atoms with E-state index in [9.17, 15) is 8.42 Å². The van der Waals surface area contributed by atoms with Gasteiger partial charge in [-0.1, -0.05) is 23.7 Å². The Morgan fingerprint density at radius 3 is 2.46 bits per heavy atom. The van der Waals surface area contributed by atoms with E-state index in [4.69, 9.17) is 11.6 Å². The minimum absolute atomic E-state index is 0.392. The van der Waals surface area contributed by atoms with Gasteiger partial charge >= 0.3 is 0 Å². The monoisotopic (exact) mass is 416 g/mol. The van der Waals surface area contributed by atoms with Crippen LogP contribution in [0.1, 0.15) is 11.1 Å². The van der Waals surface area contributed by atoms with Crippen LogP contribution in [-0.2, 0) is 10.0 Å². The molecular weight excluding hydrogens is 396 g/mol. The number of aryl methyl sites for hydroxylation is 2. The van der Waals surface area contributed by atoms with E-state index in [0.29, 0.717) is 36.1 Å². The van der Waals surface area contributed by atoms with Crippen LogP contribution < -0.4 is 4.90 Å². The summed E-state index contributed by atoms with van der Waals surface area (Å²) in [5, 5.41) is 1.54. The molecule has 8 heteroatoms. The molecular formula is C20H21ClN4O2S. The fourth-order valence-electron chi connectivity index (χ4n) is 3.53. The number of fused-ring (bicyclic) bond motifs is 1. The Labute approximate surface area is 169 Å². The molecule has 0 amide bonds. The SMILES string of the molecule is Cc1ccc(C)c(S(=O)(=O)N2CCN(c3ncnc4cc(Cl)ccc34)CC2)c1. The Kier molecular flexibility index (Phi) is 4.99. The second-order valence-corrected chi connectivity index (χ2v) is 9.36. The molecule has 0 bridgehead atoms. The Balaban J connectivity index is 1.58. The molecule has 4 rings (SSSR count). The lowest BCUT2D eigenvalue weighted by molar-refractivity contribution is 0.384. The molecule has 1 saturated heterocycles. The highest BCUT2D eigenvalue weighted by Crippen LogP contribution is 2.28. The molecule has 0 N–H and O–H groups in total. The van der Waals surface area contributed by atoms with Crippen LogP contribution in [0.3, 0.4) is 0 Å². The van der Waals surface area contributed by atoms with Gasteiger partial charge in [0.1, 0.15) is 12.1 Å². The number of hydrogen-bond acceptors (Lipinski definition) is 5. The molecule has 0 unspecified atom stereocenters. The molecule has 6 nitrogen and oxygen atoms in total. The van der Waals surface area contributed by atoms with Gasteiger partial charge in [-0.15, -0.1) is 0 Å². The maximum Gasteiger partial charge on any atom is 0.243 e. The number of benzene rings is 2. The van der Waals surface area contributed by atoms with Crippen molar-refractivity contribution in [3.8, 4) is 0 Å². The molecule has 2 aromatic carbocycles. The van der Waals surface area contributed by atoms with Gasteiger partial charge in [-0.3, -0.25) is 0 Å². The molecule has 1 aromatic heterocycles. The highest BCUT2D eigenvalue weighted by molar-refractivity contribution is 7.89. The lowest BCUT2D eigenvalue weighted by Gasteiger charge is -2.35. The van der Waals surface area contributed by atoms with Gasteiger partial charge in [-0.2, -0.15) is 4.31 Å². The number of halogens is 1. The molecule has 3 aromatic rings. The molecule has 2 heterocycles. The third-order valence-electron chi connectivity index (χ3n) is 5.08. The van der Waals surface area contributed by atoms with Gasteiger partial charge in [0, 0.05) is 36.6 Å². The Bertz CT molecular complexity index is 1140. The van der Waals surface area contributed by atoms with Crippen molar-refractivity contribution in [1.29, 1.82) is 0 Å². The summed E-state index contributed by atoms with van der Waals surface area (Å²) in [5.41, 5.74) is 2.49. The molecule has 1 aliphatic heterocycles. The van der Waals surface area contributed by atoms with Crippen molar-refractivity contribution in [2.45, 2.75) is 18.7 Å². The fraction of sp³-hybridized carbons (Fsp3) is 0.300. The highest BCUT2D eigenvalue weighted by Gasteiger charge is 2.30. The van der Waals surface area contributed by atoms with Gasteiger partial charge in [0.2, 0.25) is 10.0 Å². The molecule has 0 aliphatic carbocycles. The first kappa shape index (κ1) is 19.1. The molecule has 0 radical (unpaired) electrons. The van der Waals surface area contributed by atoms with E-state index in [1.165, 1.54) is 6.33 Å². The quantitative estimate of drug-likeness (QED) is 0.654. The Morgan fingerprint density at radius 1 is 0.964 bits per heavy atom. The predicted molar refractivity (Wildman–Crippen MR) is 111 cm³/mol. The van der Waals surface area contributed by atoms with E-state index >= 15 is 0 Å². The molecule has 1 aliphatic rings. The maximum atomic E-state index is 13.1. The minimum atomic E-state index is -3.51. The number of aromatic nitrogens is 2. The summed E-state index contributed by atoms with van der Waals surface area (Å²) in [6.45, 7) is 5.70. The van der Waals surface area contributed by atoms with Gasteiger partial charge in [0.25, 0.3) is 0 Å². The average Bonchev–Trinajstić information content (AvgIpc) is 2.69. The van der Waals surface area contributed by atoms with Gasteiger partial charge in [0.05, 0.1) is 10.4 Å². The van der Waals surface area contributed by atoms with Gasteiger partial charge in [-0.05, 0) is 49.2 Å². The van der Waals surface area contributed by atoms with Crippen LogP contribution in [-0.4, -0.2) is 48.9 Å².